The van der Waals surface area contributed by atoms with Gasteiger partial charge in [0.25, 0.3) is 0 Å². The van der Waals surface area contributed by atoms with E-state index >= 15 is 0 Å². The van der Waals surface area contributed by atoms with Crippen molar-refractivity contribution >= 4 is 0 Å². The summed E-state index contributed by atoms with van der Waals surface area (Å²) in [5.74, 6) is 2.30. The first-order valence-corrected chi connectivity index (χ1v) is 6.63. The quantitative estimate of drug-likeness (QED) is 0.694. The Bertz CT molecular complexity index is 341. The van der Waals surface area contributed by atoms with Gasteiger partial charge in [0.1, 0.15) is 0 Å². The van der Waals surface area contributed by atoms with Gasteiger partial charge >= 0.3 is 0 Å². The molecule has 0 aliphatic heterocycles. The van der Waals surface area contributed by atoms with Crippen LogP contribution in [0.1, 0.15) is 32.1 Å². The van der Waals surface area contributed by atoms with Crippen LogP contribution in [0.25, 0.3) is 0 Å². The van der Waals surface area contributed by atoms with Crippen molar-refractivity contribution in [1.29, 1.82) is 0 Å². The van der Waals surface area contributed by atoms with Gasteiger partial charge in [0, 0.05) is 12.6 Å². The first-order valence-electron chi connectivity index (χ1n) is 6.63. The van der Waals surface area contributed by atoms with Crippen molar-refractivity contribution in [2.24, 2.45) is 28.9 Å². The fourth-order valence-corrected chi connectivity index (χ4v) is 5.77. The summed E-state index contributed by atoms with van der Waals surface area (Å²) in [5.41, 5.74) is 6.99. The summed E-state index contributed by atoms with van der Waals surface area (Å²) >= 11 is 0. The molecule has 0 aromatic rings. The zero-order chi connectivity index (χ0) is 11.1. The largest absolute Gasteiger partial charge is 0.390 e. The Morgan fingerprint density at radius 3 is 2.56 bits per heavy atom. The fraction of sp³-hybridized carbons (Fsp3) is 1.00. The molecule has 90 valence electrons. The summed E-state index contributed by atoms with van der Waals surface area (Å²) in [6, 6.07) is 0. The van der Waals surface area contributed by atoms with E-state index in [0.717, 1.165) is 30.6 Å². The maximum Gasteiger partial charge on any atom is 0.0836 e. The number of aliphatic hydroxyl groups is 1. The molecule has 0 radical (unpaired) electrons. The molecule has 4 bridgehead atoms. The van der Waals surface area contributed by atoms with Crippen molar-refractivity contribution < 1.29 is 9.84 Å². The van der Waals surface area contributed by atoms with E-state index in [4.69, 9.17) is 10.5 Å². The predicted octanol–water partition coefficient (Wildman–Crippen LogP) is 0.900. The molecule has 0 aromatic heterocycles. The zero-order valence-electron chi connectivity index (χ0n) is 9.86. The van der Waals surface area contributed by atoms with Crippen LogP contribution in [0.3, 0.4) is 0 Å². The van der Waals surface area contributed by atoms with Gasteiger partial charge in [-0.1, -0.05) is 0 Å². The molecule has 0 amide bonds. The van der Waals surface area contributed by atoms with Crippen molar-refractivity contribution in [1.82, 2.24) is 0 Å². The van der Waals surface area contributed by atoms with E-state index in [1.807, 2.05) is 0 Å². The topological polar surface area (TPSA) is 55.5 Å². The first-order chi connectivity index (χ1) is 7.63. The van der Waals surface area contributed by atoms with Gasteiger partial charge in [0.15, 0.2) is 0 Å². The van der Waals surface area contributed by atoms with Crippen LogP contribution in [0.15, 0.2) is 0 Å². The average molecular weight is 223 g/mol. The molecule has 0 heterocycles. The highest BCUT2D eigenvalue weighted by atomic mass is 16.5. The minimum Gasteiger partial charge on any atom is -0.390 e. The number of hydrogen-bond donors (Lipinski definition) is 2. The Morgan fingerprint density at radius 1 is 1.25 bits per heavy atom. The van der Waals surface area contributed by atoms with Crippen LogP contribution in [-0.2, 0) is 4.74 Å². The summed E-state index contributed by atoms with van der Waals surface area (Å²) in [4.78, 5) is 0. The monoisotopic (exact) mass is 223 g/mol. The first kappa shape index (κ1) is 9.86. The van der Waals surface area contributed by atoms with Crippen LogP contribution in [0.5, 0.6) is 0 Å². The molecule has 5 aliphatic carbocycles. The second kappa shape index (κ2) is 2.65. The van der Waals surface area contributed by atoms with Crippen LogP contribution in [0.4, 0.5) is 0 Å². The lowest BCUT2D eigenvalue weighted by atomic mass is 9.63. The highest BCUT2D eigenvalue weighted by Gasteiger charge is 2.81. The number of methoxy groups -OCH3 is 1. The van der Waals surface area contributed by atoms with E-state index in [1.165, 1.54) is 19.3 Å². The molecule has 5 rings (SSSR count). The van der Waals surface area contributed by atoms with E-state index < -0.39 is 0 Å². The Balaban J connectivity index is 1.73. The lowest BCUT2D eigenvalue weighted by molar-refractivity contribution is 0.00873. The summed E-state index contributed by atoms with van der Waals surface area (Å²) in [5, 5.41) is 10.1. The van der Waals surface area contributed by atoms with E-state index in [2.05, 4.69) is 0 Å². The number of aliphatic hydroxyl groups excluding tert-OH is 1. The van der Waals surface area contributed by atoms with Gasteiger partial charge in [-0.05, 0) is 55.3 Å². The average Bonchev–Trinajstić information content (AvgIpc) is 2.67. The lowest BCUT2D eigenvalue weighted by Gasteiger charge is -2.44. The fourth-order valence-electron chi connectivity index (χ4n) is 5.77. The van der Waals surface area contributed by atoms with Crippen molar-refractivity contribution in [3.8, 4) is 0 Å². The number of rotatable bonds is 1. The zero-order valence-corrected chi connectivity index (χ0v) is 9.86. The van der Waals surface area contributed by atoms with Crippen LogP contribution >= 0.6 is 0 Å². The smallest absolute Gasteiger partial charge is 0.0836 e. The molecule has 0 aromatic carbocycles. The Hall–Kier alpha value is -0.120. The van der Waals surface area contributed by atoms with E-state index in [-0.39, 0.29) is 23.2 Å². The van der Waals surface area contributed by atoms with E-state index in [1.54, 1.807) is 7.11 Å². The summed E-state index contributed by atoms with van der Waals surface area (Å²) < 4.78 is 5.42. The molecule has 3 heteroatoms. The van der Waals surface area contributed by atoms with Gasteiger partial charge in [-0.25, -0.2) is 0 Å². The minimum absolute atomic E-state index is 0.0287. The Morgan fingerprint density at radius 2 is 2.06 bits per heavy atom. The van der Waals surface area contributed by atoms with Gasteiger partial charge in [-0.15, -0.1) is 0 Å². The number of nitrogens with two attached hydrogens (primary N) is 1. The number of ether oxygens (including phenoxy) is 1. The molecule has 16 heavy (non-hydrogen) atoms. The molecular formula is C13H21NO2. The predicted molar refractivity (Wildman–Crippen MR) is 59.7 cm³/mol. The van der Waals surface area contributed by atoms with E-state index in [0.29, 0.717) is 0 Å². The van der Waals surface area contributed by atoms with Crippen LogP contribution in [0, 0.1) is 23.2 Å². The highest BCUT2D eigenvalue weighted by molar-refractivity contribution is 5.34. The van der Waals surface area contributed by atoms with E-state index in [9.17, 15) is 5.11 Å². The summed E-state index contributed by atoms with van der Waals surface area (Å²) in [6.45, 7) is 0. The second-order valence-electron chi connectivity index (χ2n) is 6.56. The molecule has 1 unspecified atom stereocenters. The van der Waals surface area contributed by atoms with Crippen LogP contribution < -0.4 is 5.73 Å². The molecule has 5 fully saturated rings. The molecule has 1 spiro atoms. The summed E-state index contributed by atoms with van der Waals surface area (Å²) in [6.07, 6.45) is 5.63. The van der Waals surface area contributed by atoms with Gasteiger partial charge in [0.05, 0.1) is 12.2 Å². The van der Waals surface area contributed by atoms with Crippen molar-refractivity contribution in [2.45, 2.75) is 49.9 Å². The van der Waals surface area contributed by atoms with Gasteiger partial charge in [0.2, 0.25) is 0 Å². The van der Waals surface area contributed by atoms with Crippen molar-refractivity contribution in [3.63, 3.8) is 0 Å². The Labute approximate surface area is 96.3 Å². The third-order valence-corrected chi connectivity index (χ3v) is 6.48. The molecule has 7 atom stereocenters. The van der Waals surface area contributed by atoms with Gasteiger partial charge in [-0.3, -0.25) is 0 Å². The summed E-state index contributed by atoms with van der Waals surface area (Å²) in [7, 11) is 1.72. The normalized spacial score (nSPS) is 66.6. The SMILES string of the molecule is CO[C@H]1C[C@]2(CC1O)[C@H]1CC[C@@H]3[C@@H](C1)[C@]32N. The van der Waals surface area contributed by atoms with Crippen LogP contribution in [-0.4, -0.2) is 30.0 Å². The standard InChI is InChI=1S/C13H21NO2/c1-16-11-6-12(5-10(11)15)7-2-3-8-9(4-7)13(8,12)14/h7-11,15H,2-6,14H2,1H3/t7-,8+,9+,10?,11-,12+,13+/m0/s1. The maximum absolute atomic E-state index is 10.1. The van der Waals surface area contributed by atoms with Crippen molar-refractivity contribution in [2.75, 3.05) is 7.11 Å². The molecule has 3 nitrogen and oxygen atoms in total. The highest BCUT2D eigenvalue weighted by Crippen LogP contribution is 2.79. The molecule has 0 saturated heterocycles. The third-order valence-electron chi connectivity index (χ3n) is 6.48. The van der Waals surface area contributed by atoms with Crippen LogP contribution in [0.2, 0.25) is 0 Å². The Kier molecular flexibility index (Phi) is 1.63. The number of fused-ring (bicyclic) bond motifs is 1. The molecule has 3 N–H and O–H groups in total. The van der Waals surface area contributed by atoms with Gasteiger partial charge in [-0.2, -0.15) is 0 Å². The third kappa shape index (κ3) is 0.793. The second-order valence-corrected chi connectivity index (χ2v) is 6.56. The lowest BCUT2D eigenvalue weighted by Crippen LogP contribution is -2.49. The molecule has 5 aliphatic rings. The molecular weight excluding hydrogens is 202 g/mol. The molecule has 5 saturated carbocycles. The van der Waals surface area contributed by atoms with Gasteiger partial charge < -0.3 is 15.6 Å². The maximum atomic E-state index is 10.1. The minimum atomic E-state index is -0.286. The number of hydrogen-bond acceptors (Lipinski definition) is 3. The van der Waals surface area contributed by atoms with Crippen molar-refractivity contribution in [3.05, 3.63) is 0 Å².